The monoisotopic (exact) mass is 296 g/mol. The Balaban J connectivity index is 1.71. The molecule has 112 valence electrons. The third kappa shape index (κ3) is 3.20. The summed E-state index contributed by atoms with van der Waals surface area (Å²) < 4.78 is 1.68. The first-order valence-corrected chi connectivity index (χ1v) is 6.88. The van der Waals surface area contributed by atoms with Crippen molar-refractivity contribution in [1.82, 2.24) is 25.0 Å². The number of benzene rings is 1. The van der Waals surface area contributed by atoms with E-state index in [9.17, 15) is 4.79 Å². The summed E-state index contributed by atoms with van der Waals surface area (Å²) in [4.78, 5) is 16.3. The van der Waals surface area contributed by atoms with Gasteiger partial charge in [-0.25, -0.2) is 4.98 Å². The van der Waals surface area contributed by atoms with Crippen LogP contribution >= 0.6 is 0 Å². The van der Waals surface area contributed by atoms with E-state index in [1.54, 1.807) is 4.68 Å². The molecule has 0 saturated carbocycles. The Labute approximate surface area is 127 Å². The highest BCUT2D eigenvalue weighted by atomic mass is 16.1. The van der Waals surface area contributed by atoms with Gasteiger partial charge < -0.3 is 5.32 Å². The number of carbonyl (C=O) groups excluding carboxylic acids is 1. The Hall–Kier alpha value is -2.96. The SMILES string of the molecule is Cc1nc(-c2cccc(NC(=O)Cc3ccn(C)n3)c2)n[nH]1. The van der Waals surface area contributed by atoms with Gasteiger partial charge in [-0.1, -0.05) is 12.1 Å². The van der Waals surface area contributed by atoms with Crippen molar-refractivity contribution in [1.29, 1.82) is 0 Å². The molecule has 1 amide bonds. The molecule has 0 atom stereocenters. The largest absolute Gasteiger partial charge is 0.326 e. The van der Waals surface area contributed by atoms with Crippen molar-refractivity contribution >= 4 is 11.6 Å². The molecule has 0 aliphatic rings. The van der Waals surface area contributed by atoms with Crippen LogP contribution in [0.3, 0.4) is 0 Å². The molecule has 2 heterocycles. The summed E-state index contributed by atoms with van der Waals surface area (Å²) in [5.41, 5.74) is 2.29. The Morgan fingerprint density at radius 3 is 2.91 bits per heavy atom. The Bertz CT molecular complexity index is 804. The lowest BCUT2D eigenvalue weighted by Crippen LogP contribution is -2.14. The van der Waals surface area contributed by atoms with Crippen molar-refractivity contribution in [3.8, 4) is 11.4 Å². The predicted octanol–water partition coefficient (Wildman–Crippen LogP) is 1.69. The maximum atomic E-state index is 12.0. The molecule has 3 rings (SSSR count). The molecule has 7 heteroatoms. The zero-order valence-electron chi connectivity index (χ0n) is 12.4. The van der Waals surface area contributed by atoms with E-state index in [1.165, 1.54) is 0 Å². The standard InChI is InChI=1S/C15H16N6O/c1-10-16-15(19-18-10)11-4-3-5-12(8-11)17-14(22)9-13-6-7-21(2)20-13/h3-8H,9H2,1-2H3,(H,17,22)(H,16,18,19). The van der Waals surface area contributed by atoms with Crippen LogP contribution in [0.15, 0.2) is 36.5 Å². The van der Waals surface area contributed by atoms with Crippen molar-refractivity contribution in [2.45, 2.75) is 13.3 Å². The minimum atomic E-state index is -0.109. The highest BCUT2D eigenvalue weighted by molar-refractivity contribution is 5.92. The number of aromatic amines is 1. The molecule has 0 spiro atoms. The van der Waals surface area contributed by atoms with Crippen LogP contribution in [0.1, 0.15) is 11.5 Å². The second-order valence-corrected chi connectivity index (χ2v) is 5.03. The van der Waals surface area contributed by atoms with E-state index < -0.39 is 0 Å². The quantitative estimate of drug-likeness (QED) is 0.767. The second kappa shape index (κ2) is 5.80. The number of H-pyrrole nitrogens is 1. The fourth-order valence-electron chi connectivity index (χ4n) is 2.13. The second-order valence-electron chi connectivity index (χ2n) is 5.03. The molecule has 0 saturated heterocycles. The first-order valence-electron chi connectivity index (χ1n) is 6.88. The van der Waals surface area contributed by atoms with Gasteiger partial charge in [0.15, 0.2) is 5.82 Å². The van der Waals surface area contributed by atoms with Crippen LogP contribution in [-0.2, 0) is 18.3 Å². The van der Waals surface area contributed by atoms with Gasteiger partial charge in [0.1, 0.15) is 5.82 Å². The lowest BCUT2D eigenvalue weighted by molar-refractivity contribution is -0.115. The van der Waals surface area contributed by atoms with Gasteiger partial charge in [0.2, 0.25) is 5.91 Å². The number of anilines is 1. The minimum absolute atomic E-state index is 0.109. The lowest BCUT2D eigenvalue weighted by atomic mass is 10.2. The van der Waals surface area contributed by atoms with Crippen molar-refractivity contribution in [3.05, 3.63) is 48.0 Å². The number of aromatic nitrogens is 5. The van der Waals surface area contributed by atoms with E-state index in [-0.39, 0.29) is 12.3 Å². The molecular weight excluding hydrogens is 280 g/mol. The molecule has 0 aliphatic heterocycles. The lowest BCUT2D eigenvalue weighted by Gasteiger charge is -2.05. The summed E-state index contributed by atoms with van der Waals surface area (Å²) in [6.45, 7) is 1.84. The highest BCUT2D eigenvalue weighted by Crippen LogP contribution is 2.19. The summed E-state index contributed by atoms with van der Waals surface area (Å²) in [7, 11) is 1.82. The molecule has 0 fully saturated rings. The summed E-state index contributed by atoms with van der Waals surface area (Å²) in [6.07, 6.45) is 2.06. The van der Waals surface area contributed by atoms with Crippen molar-refractivity contribution in [2.75, 3.05) is 5.32 Å². The van der Waals surface area contributed by atoms with Gasteiger partial charge in [-0.2, -0.15) is 10.2 Å². The summed E-state index contributed by atoms with van der Waals surface area (Å²) in [5, 5.41) is 14.0. The number of hydrogen-bond acceptors (Lipinski definition) is 4. The number of nitrogens with one attached hydrogen (secondary N) is 2. The summed E-state index contributed by atoms with van der Waals surface area (Å²) in [6, 6.07) is 9.26. The number of amides is 1. The Morgan fingerprint density at radius 2 is 2.23 bits per heavy atom. The van der Waals surface area contributed by atoms with Crippen molar-refractivity contribution in [3.63, 3.8) is 0 Å². The number of nitrogens with zero attached hydrogens (tertiary/aromatic N) is 4. The van der Waals surface area contributed by atoms with Crippen LogP contribution in [0, 0.1) is 6.92 Å². The molecular formula is C15H16N6O. The smallest absolute Gasteiger partial charge is 0.230 e. The molecule has 22 heavy (non-hydrogen) atoms. The van der Waals surface area contributed by atoms with Gasteiger partial charge in [-0.05, 0) is 25.1 Å². The van der Waals surface area contributed by atoms with E-state index in [1.807, 2.05) is 50.5 Å². The fraction of sp³-hybridized carbons (Fsp3) is 0.200. The van der Waals surface area contributed by atoms with Crippen molar-refractivity contribution in [2.24, 2.45) is 7.05 Å². The van der Waals surface area contributed by atoms with Crippen LogP contribution in [0.4, 0.5) is 5.69 Å². The average Bonchev–Trinajstić information content (AvgIpc) is 3.08. The average molecular weight is 296 g/mol. The van der Waals surface area contributed by atoms with Crippen molar-refractivity contribution < 1.29 is 4.79 Å². The zero-order chi connectivity index (χ0) is 15.5. The molecule has 0 unspecified atom stereocenters. The first kappa shape index (κ1) is 14.0. The van der Waals surface area contributed by atoms with Gasteiger partial charge >= 0.3 is 0 Å². The Kier molecular flexibility index (Phi) is 3.69. The summed E-state index contributed by atoms with van der Waals surface area (Å²) >= 11 is 0. The number of aryl methyl sites for hydroxylation is 2. The van der Waals surface area contributed by atoms with Crippen LogP contribution in [0.5, 0.6) is 0 Å². The van der Waals surface area contributed by atoms with E-state index in [2.05, 4.69) is 25.6 Å². The van der Waals surface area contributed by atoms with Crippen LogP contribution < -0.4 is 5.32 Å². The molecule has 2 aromatic heterocycles. The van der Waals surface area contributed by atoms with Gasteiger partial charge in [0.25, 0.3) is 0 Å². The van der Waals surface area contributed by atoms with Crippen LogP contribution in [0.25, 0.3) is 11.4 Å². The van der Waals surface area contributed by atoms with E-state index >= 15 is 0 Å². The van der Waals surface area contributed by atoms with Crippen LogP contribution in [-0.4, -0.2) is 30.9 Å². The molecule has 0 aliphatic carbocycles. The first-order chi connectivity index (χ1) is 10.6. The Morgan fingerprint density at radius 1 is 1.36 bits per heavy atom. The maximum Gasteiger partial charge on any atom is 0.230 e. The van der Waals surface area contributed by atoms with Gasteiger partial charge in [0.05, 0.1) is 12.1 Å². The van der Waals surface area contributed by atoms with Gasteiger partial charge in [-0.3, -0.25) is 14.6 Å². The molecule has 3 aromatic rings. The number of rotatable bonds is 4. The molecule has 1 aromatic carbocycles. The fourth-order valence-corrected chi connectivity index (χ4v) is 2.13. The summed E-state index contributed by atoms with van der Waals surface area (Å²) in [5.74, 6) is 1.25. The number of carbonyl (C=O) groups is 1. The van der Waals surface area contributed by atoms with Gasteiger partial charge in [-0.15, -0.1) is 0 Å². The highest BCUT2D eigenvalue weighted by Gasteiger charge is 2.08. The molecule has 0 bridgehead atoms. The van der Waals surface area contributed by atoms with E-state index in [0.29, 0.717) is 11.5 Å². The van der Waals surface area contributed by atoms with E-state index in [0.717, 1.165) is 17.1 Å². The van der Waals surface area contributed by atoms with E-state index in [4.69, 9.17) is 0 Å². The maximum absolute atomic E-state index is 12.0. The molecule has 0 radical (unpaired) electrons. The number of hydrogen-bond donors (Lipinski definition) is 2. The predicted molar refractivity (Wildman–Crippen MR) is 82.1 cm³/mol. The zero-order valence-corrected chi connectivity index (χ0v) is 12.4. The molecule has 7 nitrogen and oxygen atoms in total. The topological polar surface area (TPSA) is 88.5 Å². The third-order valence-electron chi connectivity index (χ3n) is 3.11. The van der Waals surface area contributed by atoms with Crippen LogP contribution in [0.2, 0.25) is 0 Å². The normalized spacial score (nSPS) is 10.6. The minimum Gasteiger partial charge on any atom is -0.326 e. The third-order valence-corrected chi connectivity index (χ3v) is 3.11. The van der Waals surface area contributed by atoms with Gasteiger partial charge in [0, 0.05) is 24.5 Å². The molecule has 2 N–H and O–H groups in total.